The Balaban J connectivity index is 3.48. The normalized spacial score (nSPS) is 14.7. The molecule has 0 fully saturated rings. The fourth-order valence-corrected chi connectivity index (χ4v) is 3.52. The van der Waals surface area contributed by atoms with Gasteiger partial charge in [0.2, 0.25) is 0 Å². The van der Waals surface area contributed by atoms with Crippen LogP contribution in [0.5, 0.6) is 0 Å². The highest BCUT2D eigenvalue weighted by atomic mass is 31.2. The molecule has 1 atom stereocenters. The first-order chi connectivity index (χ1) is 10.8. The Bertz CT molecular complexity index is 574. The smallest absolute Gasteiger partial charge is 0.314 e. The molecule has 0 spiro atoms. The zero-order valence-corrected chi connectivity index (χ0v) is 13.6. The van der Waals surface area contributed by atoms with Crippen molar-refractivity contribution in [1.82, 2.24) is 0 Å². The van der Waals surface area contributed by atoms with E-state index in [9.17, 15) is 30.9 Å². The maximum atomic E-state index is 12.9. The maximum absolute atomic E-state index is 12.9. The second kappa shape index (κ2) is 7.43. The van der Waals surface area contributed by atoms with Gasteiger partial charge in [-0.1, -0.05) is 0 Å². The third-order valence-electron chi connectivity index (χ3n) is 2.91. The van der Waals surface area contributed by atoms with Crippen molar-refractivity contribution in [3.8, 4) is 0 Å². The number of hydrogen-bond acceptors (Lipinski definition) is 4. The molecular weight excluding hydrogens is 363 g/mol. The highest BCUT2D eigenvalue weighted by molar-refractivity contribution is 7.54. The predicted octanol–water partition coefficient (Wildman–Crippen LogP) is 4.95. The third kappa shape index (κ3) is 4.95. The molecule has 0 aromatic heterocycles. The predicted molar refractivity (Wildman–Crippen MR) is 74.2 cm³/mol. The number of hydrogen-bond donors (Lipinski definition) is 1. The Morgan fingerprint density at radius 2 is 1.33 bits per heavy atom. The molecule has 138 valence electrons. The summed E-state index contributed by atoms with van der Waals surface area (Å²) in [5, 5.41) is 0. The standard InChI is InChI=1S/C13H16F6NO3P/c1-3-22-24(21,23-4-2)11(20)8-5-9(12(14,15)16)7-10(6-8)13(17,18)19/h5-7,11H,3-4,20H2,1-2H3/t11-/m0/s1. The molecule has 11 heteroatoms. The number of benzene rings is 1. The van der Waals surface area contributed by atoms with Gasteiger partial charge in [0.25, 0.3) is 0 Å². The summed E-state index contributed by atoms with van der Waals surface area (Å²) in [6.07, 6.45) is -10.1. The summed E-state index contributed by atoms with van der Waals surface area (Å²) in [6, 6.07) is 0.775. The molecule has 0 unspecified atom stereocenters. The van der Waals surface area contributed by atoms with E-state index in [1.807, 2.05) is 0 Å². The fraction of sp³-hybridized carbons (Fsp3) is 0.538. The Hall–Kier alpha value is -1.09. The van der Waals surface area contributed by atoms with Crippen LogP contribution >= 0.6 is 7.60 Å². The van der Waals surface area contributed by atoms with Crippen molar-refractivity contribution < 1.29 is 40.0 Å². The zero-order chi connectivity index (χ0) is 18.8. The lowest BCUT2D eigenvalue weighted by Crippen LogP contribution is -2.18. The Morgan fingerprint density at radius 1 is 0.958 bits per heavy atom. The monoisotopic (exact) mass is 379 g/mol. The van der Waals surface area contributed by atoms with E-state index in [0.717, 1.165) is 0 Å². The minimum Gasteiger partial charge on any atom is -0.314 e. The molecule has 0 radical (unpaired) electrons. The molecule has 0 saturated carbocycles. The van der Waals surface area contributed by atoms with E-state index in [-0.39, 0.29) is 19.3 Å². The van der Waals surface area contributed by atoms with E-state index in [0.29, 0.717) is 12.1 Å². The van der Waals surface area contributed by atoms with E-state index >= 15 is 0 Å². The first kappa shape index (κ1) is 21.0. The van der Waals surface area contributed by atoms with Crippen LogP contribution in [0.25, 0.3) is 0 Å². The van der Waals surface area contributed by atoms with Gasteiger partial charge in [-0.3, -0.25) is 4.57 Å². The lowest BCUT2D eigenvalue weighted by atomic mass is 10.0. The molecule has 0 aliphatic carbocycles. The summed E-state index contributed by atoms with van der Waals surface area (Å²) in [7, 11) is -4.13. The van der Waals surface area contributed by atoms with Gasteiger partial charge >= 0.3 is 19.9 Å². The van der Waals surface area contributed by atoms with E-state index in [4.69, 9.17) is 14.8 Å². The summed E-state index contributed by atoms with van der Waals surface area (Å²) in [5.74, 6) is -1.79. The third-order valence-corrected chi connectivity index (χ3v) is 5.13. The minimum atomic E-state index is -5.03. The SMILES string of the molecule is CCOP(=O)(OCC)[C@H](N)c1cc(C(F)(F)F)cc(C(F)(F)F)c1. The Kier molecular flexibility index (Phi) is 6.49. The lowest BCUT2D eigenvalue weighted by Gasteiger charge is -2.24. The van der Waals surface area contributed by atoms with Gasteiger partial charge in [-0.15, -0.1) is 0 Å². The van der Waals surface area contributed by atoms with Gasteiger partial charge in [0.05, 0.1) is 24.3 Å². The Morgan fingerprint density at radius 3 is 1.62 bits per heavy atom. The van der Waals surface area contributed by atoms with Gasteiger partial charge < -0.3 is 14.8 Å². The summed E-state index contributed by atoms with van der Waals surface area (Å²) in [5.41, 5.74) is 1.88. The van der Waals surface area contributed by atoms with E-state index in [2.05, 4.69) is 0 Å². The molecule has 1 aromatic rings. The first-order valence-electron chi connectivity index (χ1n) is 6.79. The molecule has 1 aromatic carbocycles. The largest absolute Gasteiger partial charge is 0.416 e. The first-order valence-corrected chi connectivity index (χ1v) is 8.40. The number of halogens is 6. The fourth-order valence-electron chi connectivity index (χ4n) is 1.89. The van der Waals surface area contributed by atoms with Crippen molar-refractivity contribution in [2.75, 3.05) is 13.2 Å². The van der Waals surface area contributed by atoms with Gasteiger partial charge in [0.15, 0.2) is 0 Å². The summed E-state index contributed by atoms with van der Waals surface area (Å²) >= 11 is 0. The molecular formula is C13H16F6NO3P. The minimum absolute atomic E-state index is 0.0392. The number of rotatable bonds is 6. The second-order valence-corrected chi connectivity index (χ2v) is 6.81. The van der Waals surface area contributed by atoms with Crippen LogP contribution in [0.2, 0.25) is 0 Å². The summed E-state index contributed by atoms with van der Waals surface area (Å²) in [4.78, 5) is 0. The van der Waals surface area contributed by atoms with Gasteiger partial charge in [-0.05, 0) is 37.6 Å². The zero-order valence-electron chi connectivity index (χ0n) is 12.7. The van der Waals surface area contributed by atoms with Gasteiger partial charge in [0.1, 0.15) is 5.78 Å². The molecule has 0 saturated heterocycles. The van der Waals surface area contributed by atoms with Crippen LogP contribution in [0.15, 0.2) is 18.2 Å². The Labute approximate surface area is 134 Å². The summed E-state index contributed by atoms with van der Waals surface area (Å²) < 4.78 is 99.4. The van der Waals surface area contributed by atoms with Crippen LogP contribution in [0.1, 0.15) is 36.3 Å². The van der Waals surface area contributed by atoms with Gasteiger partial charge in [-0.2, -0.15) is 26.3 Å². The molecule has 0 aliphatic rings. The van der Waals surface area contributed by atoms with E-state index in [1.165, 1.54) is 13.8 Å². The van der Waals surface area contributed by atoms with Crippen LogP contribution in [0.3, 0.4) is 0 Å². The number of nitrogens with two attached hydrogens (primary N) is 1. The van der Waals surface area contributed by atoms with Crippen LogP contribution in [-0.2, 0) is 26.0 Å². The highest BCUT2D eigenvalue weighted by Gasteiger charge is 2.40. The van der Waals surface area contributed by atoms with Crippen molar-refractivity contribution >= 4 is 7.60 Å². The van der Waals surface area contributed by atoms with Crippen molar-refractivity contribution in [2.45, 2.75) is 32.0 Å². The summed E-state index contributed by atoms with van der Waals surface area (Å²) in [6.45, 7) is 2.59. The van der Waals surface area contributed by atoms with E-state index in [1.54, 1.807) is 0 Å². The van der Waals surface area contributed by atoms with Crippen molar-refractivity contribution in [1.29, 1.82) is 0 Å². The quantitative estimate of drug-likeness (QED) is 0.561. The van der Waals surface area contributed by atoms with Crippen LogP contribution in [0.4, 0.5) is 26.3 Å². The number of alkyl halides is 6. The average molecular weight is 379 g/mol. The van der Waals surface area contributed by atoms with Crippen molar-refractivity contribution in [3.63, 3.8) is 0 Å². The molecule has 4 nitrogen and oxygen atoms in total. The molecule has 0 bridgehead atoms. The molecule has 0 aliphatic heterocycles. The maximum Gasteiger partial charge on any atom is 0.416 e. The van der Waals surface area contributed by atoms with Crippen LogP contribution in [-0.4, -0.2) is 13.2 Å². The van der Waals surface area contributed by atoms with Gasteiger partial charge in [0, 0.05) is 0 Å². The lowest BCUT2D eigenvalue weighted by molar-refractivity contribution is -0.143. The van der Waals surface area contributed by atoms with Crippen molar-refractivity contribution in [2.24, 2.45) is 5.73 Å². The average Bonchev–Trinajstić information content (AvgIpc) is 2.44. The van der Waals surface area contributed by atoms with Crippen LogP contribution in [0, 0.1) is 0 Å². The van der Waals surface area contributed by atoms with Crippen LogP contribution < -0.4 is 5.73 Å². The van der Waals surface area contributed by atoms with Gasteiger partial charge in [-0.25, -0.2) is 0 Å². The molecule has 0 heterocycles. The molecule has 0 amide bonds. The molecule has 24 heavy (non-hydrogen) atoms. The van der Waals surface area contributed by atoms with E-state index < -0.39 is 42.4 Å². The molecule has 2 N–H and O–H groups in total. The highest BCUT2D eigenvalue weighted by Crippen LogP contribution is 2.58. The van der Waals surface area contributed by atoms with Crippen molar-refractivity contribution in [3.05, 3.63) is 34.9 Å². The topological polar surface area (TPSA) is 61.5 Å². The second-order valence-electron chi connectivity index (χ2n) is 4.66. The molecule has 1 rings (SSSR count).